The first kappa shape index (κ1) is 19.0. The van der Waals surface area contributed by atoms with Crippen molar-refractivity contribution in [3.63, 3.8) is 0 Å². The number of benzene rings is 2. The van der Waals surface area contributed by atoms with E-state index >= 15 is 0 Å². The summed E-state index contributed by atoms with van der Waals surface area (Å²) in [6, 6.07) is 19.7. The summed E-state index contributed by atoms with van der Waals surface area (Å²) >= 11 is 0. The van der Waals surface area contributed by atoms with Crippen molar-refractivity contribution >= 4 is 16.5 Å². The van der Waals surface area contributed by atoms with E-state index in [1.807, 2.05) is 47.0 Å². The van der Waals surface area contributed by atoms with Gasteiger partial charge in [0.15, 0.2) is 5.76 Å². The normalized spacial score (nSPS) is 12.1. The molecular formula is C24H19FN4O2. The lowest BCUT2D eigenvalue weighted by Gasteiger charge is -2.08. The molecule has 0 aliphatic heterocycles. The standard InChI is InChI=1S/C24H19FN4O2/c25-18-6-3-16(4-7-18)13-26-14-17-5-8-23-20(10-17)21(28-30)12-24(31-23)22-11-19-2-1-9-29(19)15-27-22/h1-12,15,26,30H,13-14H2/b28-21-. The van der Waals surface area contributed by atoms with Crippen molar-refractivity contribution in [3.8, 4) is 11.5 Å². The molecule has 0 radical (unpaired) electrons. The second-order valence-electron chi connectivity index (χ2n) is 7.27. The van der Waals surface area contributed by atoms with Gasteiger partial charge in [0.2, 0.25) is 0 Å². The van der Waals surface area contributed by atoms with E-state index < -0.39 is 0 Å². The quantitative estimate of drug-likeness (QED) is 0.329. The molecule has 31 heavy (non-hydrogen) atoms. The number of hydrogen-bond donors (Lipinski definition) is 2. The minimum atomic E-state index is -0.245. The van der Waals surface area contributed by atoms with E-state index in [0.717, 1.165) is 16.6 Å². The van der Waals surface area contributed by atoms with E-state index in [1.54, 1.807) is 24.5 Å². The van der Waals surface area contributed by atoms with Gasteiger partial charge in [-0.2, -0.15) is 0 Å². The fraction of sp³-hybridized carbons (Fsp3) is 0.0833. The average molecular weight is 414 g/mol. The monoisotopic (exact) mass is 414 g/mol. The van der Waals surface area contributed by atoms with Crippen molar-refractivity contribution in [2.24, 2.45) is 5.16 Å². The first-order valence-corrected chi connectivity index (χ1v) is 9.83. The Hall–Kier alpha value is -3.97. The molecule has 7 heteroatoms. The van der Waals surface area contributed by atoms with Crippen LogP contribution in [0.25, 0.3) is 27.9 Å². The van der Waals surface area contributed by atoms with Crippen LogP contribution in [0.1, 0.15) is 11.1 Å². The molecule has 3 heterocycles. The van der Waals surface area contributed by atoms with Gasteiger partial charge in [0.25, 0.3) is 0 Å². The molecule has 2 N–H and O–H groups in total. The molecule has 0 atom stereocenters. The third-order valence-corrected chi connectivity index (χ3v) is 5.16. The van der Waals surface area contributed by atoms with Gasteiger partial charge in [-0.15, -0.1) is 0 Å². The maximum atomic E-state index is 13.0. The molecule has 0 bridgehead atoms. The van der Waals surface area contributed by atoms with Crippen LogP contribution in [0.15, 0.2) is 88.8 Å². The highest BCUT2D eigenvalue weighted by Crippen LogP contribution is 2.22. The Labute approximate surface area is 176 Å². The van der Waals surface area contributed by atoms with Crippen LogP contribution in [0, 0.1) is 5.82 Å². The Kier molecular flexibility index (Phi) is 4.93. The van der Waals surface area contributed by atoms with Crippen molar-refractivity contribution in [1.82, 2.24) is 14.7 Å². The molecule has 0 saturated heterocycles. The van der Waals surface area contributed by atoms with Crippen LogP contribution < -0.4 is 10.7 Å². The lowest BCUT2D eigenvalue weighted by atomic mass is 10.1. The molecular weight excluding hydrogens is 395 g/mol. The Morgan fingerprint density at radius 1 is 1.00 bits per heavy atom. The molecule has 6 nitrogen and oxygen atoms in total. The highest BCUT2D eigenvalue weighted by molar-refractivity contribution is 5.79. The van der Waals surface area contributed by atoms with Crippen molar-refractivity contribution in [3.05, 3.63) is 102 Å². The second kappa shape index (κ2) is 8.04. The zero-order valence-electron chi connectivity index (χ0n) is 16.5. The zero-order valence-corrected chi connectivity index (χ0v) is 16.5. The van der Waals surface area contributed by atoms with Crippen LogP contribution in [0.2, 0.25) is 0 Å². The molecule has 2 aromatic carbocycles. The van der Waals surface area contributed by atoms with Gasteiger partial charge in [-0.3, -0.25) is 0 Å². The summed E-state index contributed by atoms with van der Waals surface area (Å²) in [4.78, 5) is 4.44. The Morgan fingerprint density at radius 2 is 1.81 bits per heavy atom. The molecule has 0 fully saturated rings. The summed E-state index contributed by atoms with van der Waals surface area (Å²) in [6.45, 7) is 1.22. The van der Waals surface area contributed by atoms with Gasteiger partial charge >= 0.3 is 0 Å². The van der Waals surface area contributed by atoms with Crippen molar-refractivity contribution in [2.45, 2.75) is 13.1 Å². The predicted octanol–water partition coefficient (Wildman–Crippen LogP) is 4.47. The number of halogens is 1. The van der Waals surface area contributed by atoms with Crippen LogP contribution in [0.3, 0.4) is 0 Å². The van der Waals surface area contributed by atoms with Gasteiger partial charge in [-0.25, -0.2) is 9.37 Å². The second-order valence-corrected chi connectivity index (χ2v) is 7.27. The SMILES string of the molecule is O/N=c1/cc(-c2cc3cccn3cn2)oc2ccc(CNCc3ccc(F)cc3)cc12. The van der Waals surface area contributed by atoms with Crippen LogP contribution in [0.4, 0.5) is 4.39 Å². The Balaban J connectivity index is 1.42. The molecule has 0 aliphatic rings. The lowest BCUT2D eigenvalue weighted by molar-refractivity contribution is 0.302. The summed E-state index contributed by atoms with van der Waals surface area (Å²) in [5.74, 6) is 0.275. The van der Waals surface area contributed by atoms with E-state index in [4.69, 9.17) is 4.42 Å². The minimum Gasteiger partial charge on any atom is -0.454 e. The molecule has 0 amide bonds. The first-order valence-electron chi connectivity index (χ1n) is 9.83. The lowest BCUT2D eigenvalue weighted by Crippen LogP contribution is -2.13. The molecule has 0 spiro atoms. The molecule has 3 aromatic heterocycles. The van der Waals surface area contributed by atoms with Gasteiger partial charge in [0.05, 0.1) is 6.33 Å². The number of fused-ring (bicyclic) bond motifs is 2. The summed E-state index contributed by atoms with van der Waals surface area (Å²) < 4.78 is 21.0. The van der Waals surface area contributed by atoms with Gasteiger partial charge in [0, 0.05) is 36.3 Å². The topological polar surface area (TPSA) is 75.1 Å². The van der Waals surface area contributed by atoms with E-state index in [9.17, 15) is 9.60 Å². The van der Waals surface area contributed by atoms with E-state index in [1.165, 1.54) is 12.1 Å². The third-order valence-electron chi connectivity index (χ3n) is 5.16. The fourth-order valence-electron chi connectivity index (χ4n) is 3.56. The number of aromatic nitrogens is 2. The van der Waals surface area contributed by atoms with Crippen LogP contribution >= 0.6 is 0 Å². The summed E-state index contributed by atoms with van der Waals surface area (Å²) in [7, 11) is 0. The molecule has 0 aliphatic carbocycles. The molecule has 154 valence electrons. The van der Waals surface area contributed by atoms with Crippen LogP contribution in [-0.4, -0.2) is 14.6 Å². The average Bonchev–Trinajstić information content (AvgIpc) is 3.27. The number of rotatable bonds is 5. The highest BCUT2D eigenvalue weighted by atomic mass is 19.1. The van der Waals surface area contributed by atoms with Crippen molar-refractivity contribution in [1.29, 1.82) is 0 Å². The predicted molar refractivity (Wildman–Crippen MR) is 115 cm³/mol. The summed E-state index contributed by atoms with van der Waals surface area (Å²) in [5, 5.41) is 17.5. The van der Waals surface area contributed by atoms with Crippen molar-refractivity contribution < 1.29 is 14.0 Å². The molecule has 5 aromatic rings. The smallest absolute Gasteiger partial charge is 0.155 e. The fourth-order valence-corrected chi connectivity index (χ4v) is 3.56. The zero-order chi connectivity index (χ0) is 21.2. The van der Waals surface area contributed by atoms with Crippen molar-refractivity contribution in [2.75, 3.05) is 0 Å². The molecule has 0 unspecified atom stereocenters. The number of nitrogens with zero attached hydrogens (tertiary/aromatic N) is 3. The third kappa shape index (κ3) is 3.91. The van der Waals surface area contributed by atoms with E-state index in [-0.39, 0.29) is 5.82 Å². The molecule has 0 saturated carbocycles. The molecule has 5 rings (SSSR count). The number of hydrogen-bond acceptors (Lipinski definition) is 5. The number of nitrogens with one attached hydrogen (secondary N) is 1. The summed E-state index contributed by atoms with van der Waals surface area (Å²) in [6.07, 6.45) is 3.64. The largest absolute Gasteiger partial charge is 0.454 e. The highest BCUT2D eigenvalue weighted by Gasteiger charge is 2.09. The van der Waals surface area contributed by atoms with Gasteiger partial charge in [-0.1, -0.05) is 23.4 Å². The first-order chi connectivity index (χ1) is 15.2. The Morgan fingerprint density at radius 3 is 2.65 bits per heavy atom. The van der Waals surface area contributed by atoms with Gasteiger partial charge in [0.1, 0.15) is 22.5 Å². The minimum absolute atomic E-state index is 0.245. The van der Waals surface area contributed by atoms with Gasteiger partial charge in [-0.05, 0) is 53.6 Å². The van der Waals surface area contributed by atoms with Gasteiger partial charge < -0.3 is 19.3 Å². The van der Waals surface area contributed by atoms with Crippen LogP contribution in [-0.2, 0) is 13.1 Å². The summed E-state index contributed by atoms with van der Waals surface area (Å²) in [5.41, 5.74) is 4.26. The van der Waals surface area contributed by atoms with E-state index in [2.05, 4.69) is 15.5 Å². The maximum Gasteiger partial charge on any atom is 0.155 e. The Bertz CT molecular complexity index is 1440. The maximum absolute atomic E-state index is 13.0. The van der Waals surface area contributed by atoms with E-state index in [0.29, 0.717) is 40.9 Å². The van der Waals surface area contributed by atoms with Crippen LogP contribution in [0.5, 0.6) is 0 Å².